The molecule has 2 heterocycles. The van der Waals surface area contributed by atoms with Gasteiger partial charge in [-0.1, -0.05) is 12.1 Å². The van der Waals surface area contributed by atoms with Crippen LogP contribution in [-0.2, 0) is 11.3 Å². The number of nitriles is 1. The monoisotopic (exact) mass is 336 g/mol. The fourth-order valence-corrected chi connectivity index (χ4v) is 2.82. The summed E-state index contributed by atoms with van der Waals surface area (Å²) in [5.41, 5.74) is 1.67. The quantitative estimate of drug-likeness (QED) is 0.831. The van der Waals surface area contributed by atoms with Gasteiger partial charge in [0.05, 0.1) is 5.56 Å². The zero-order valence-electron chi connectivity index (χ0n) is 14.0. The average molecular weight is 336 g/mol. The molecule has 0 radical (unpaired) electrons. The van der Waals surface area contributed by atoms with Crippen LogP contribution in [0.5, 0.6) is 5.75 Å². The fourth-order valence-electron chi connectivity index (χ4n) is 2.82. The normalized spacial score (nSPS) is 14.8. The molecule has 1 fully saturated rings. The number of pyridine rings is 1. The van der Waals surface area contributed by atoms with E-state index in [4.69, 9.17) is 10.00 Å². The van der Waals surface area contributed by atoms with Crippen molar-refractivity contribution in [3.8, 4) is 11.8 Å². The van der Waals surface area contributed by atoms with E-state index in [1.54, 1.807) is 36.7 Å². The molecule has 6 nitrogen and oxygen atoms in total. The molecule has 1 aromatic carbocycles. The molecule has 1 aliphatic heterocycles. The molecule has 0 unspecified atom stereocenters. The number of benzene rings is 1. The summed E-state index contributed by atoms with van der Waals surface area (Å²) in [6.45, 7) is 3.88. The van der Waals surface area contributed by atoms with Gasteiger partial charge >= 0.3 is 0 Å². The van der Waals surface area contributed by atoms with E-state index in [1.807, 2.05) is 17.0 Å². The van der Waals surface area contributed by atoms with Crippen LogP contribution < -0.4 is 4.74 Å². The summed E-state index contributed by atoms with van der Waals surface area (Å²) in [7, 11) is 0. The lowest BCUT2D eigenvalue weighted by Crippen LogP contribution is -2.49. The number of ether oxygens (including phenoxy) is 1. The number of carbonyl (C=O) groups excluding carboxylic acids is 1. The molecule has 1 saturated heterocycles. The first-order valence-corrected chi connectivity index (χ1v) is 8.27. The van der Waals surface area contributed by atoms with Gasteiger partial charge in [-0.25, -0.2) is 0 Å². The van der Waals surface area contributed by atoms with Crippen molar-refractivity contribution in [3.05, 3.63) is 59.9 Å². The topological polar surface area (TPSA) is 69.5 Å². The zero-order chi connectivity index (χ0) is 17.5. The van der Waals surface area contributed by atoms with Crippen LogP contribution in [0.3, 0.4) is 0 Å². The van der Waals surface area contributed by atoms with Crippen molar-refractivity contribution < 1.29 is 9.53 Å². The van der Waals surface area contributed by atoms with Gasteiger partial charge in [-0.05, 0) is 29.8 Å². The predicted octanol–water partition coefficient (Wildman–Crippen LogP) is 1.68. The van der Waals surface area contributed by atoms with Gasteiger partial charge < -0.3 is 9.64 Å². The summed E-state index contributed by atoms with van der Waals surface area (Å²) in [4.78, 5) is 20.5. The first-order valence-electron chi connectivity index (χ1n) is 8.27. The van der Waals surface area contributed by atoms with Gasteiger partial charge in [-0.15, -0.1) is 0 Å². The van der Waals surface area contributed by atoms with Crippen LogP contribution in [0.2, 0.25) is 0 Å². The number of piperazine rings is 1. The molecule has 0 N–H and O–H groups in total. The Labute approximate surface area is 147 Å². The van der Waals surface area contributed by atoms with Crippen LogP contribution in [0.25, 0.3) is 0 Å². The summed E-state index contributed by atoms with van der Waals surface area (Å²) in [6, 6.07) is 13.0. The Balaban J connectivity index is 1.46. The molecular weight excluding hydrogens is 316 g/mol. The Morgan fingerprint density at radius 2 is 1.84 bits per heavy atom. The highest BCUT2D eigenvalue weighted by Crippen LogP contribution is 2.16. The van der Waals surface area contributed by atoms with Gasteiger partial charge in [0.2, 0.25) is 0 Å². The Kier molecular flexibility index (Phi) is 5.60. The Hall–Kier alpha value is -2.91. The van der Waals surface area contributed by atoms with E-state index in [-0.39, 0.29) is 12.5 Å². The number of rotatable bonds is 5. The molecule has 128 valence electrons. The first kappa shape index (κ1) is 16.9. The van der Waals surface area contributed by atoms with Gasteiger partial charge in [-0.2, -0.15) is 5.26 Å². The molecule has 0 saturated carbocycles. The van der Waals surface area contributed by atoms with Crippen molar-refractivity contribution >= 4 is 5.91 Å². The number of aromatic nitrogens is 1. The van der Waals surface area contributed by atoms with E-state index in [0.717, 1.165) is 19.6 Å². The molecule has 1 aliphatic rings. The number of nitrogens with zero attached hydrogens (tertiary/aromatic N) is 4. The largest absolute Gasteiger partial charge is 0.482 e. The lowest BCUT2D eigenvalue weighted by Gasteiger charge is -2.34. The number of carbonyl (C=O) groups is 1. The minimum absolute atomic E-state index is 0.0386. The van der Waals surface area contributed by atoms with Crippen LogP contribution in [0.15, 0.2) is 48.8 Å². The molecule has 0 aliphatic carbocycles. The fraction of sp³-hybridized carbons (Fsp3) is 0.316. The first-order chi connectivity index (χ1) is 12.3. The number of para-hydroxylation sites is 1. The minimum atomic E-state index is -0.0451. The minimum Gasteiger partial charge on any atom is -0.482 e. The van der Waals surface area contributed by atoms with Crippen molar-refractivity contribution in [3.63, 3.8) is 0 Å². The molecule has 2 aromatic rings. The molecular formula is C19H20N4O2. The molecule has 0 atom stereocenters. The maximum absolute atomic E-state index is 12.3. The van der Waals surface area contributed by atoms with Gasteiger partial charge in [-0.3, -0.25) is 14.7 Å². The number of hydrogen-bond acceptors (Lipinski definition) is 5. The summed E-state index contributed by atoms with van der Waals surface area (Å²) >= 11 is 0. The third kappa shape index (κ3) is 4.55. The molecule has 6 heteroatoms. The number of amides is 1. The van der Waals surface area contributed by atoms with E-state index in [9.17, 15) is 4.79 Å². The van der Waals surface area contributed by atoms with Crippen molar-refractivity contribution in [2.45, 2.75) is 6.54 Å². The molecule has 0 spiro atoms. The second-order valence-electron chi connectivity index (χ2n) is 5.91. The highest BCUT2D eigenvalue weighted by Gasteiger charge is 2.21. The standard InChI is InChI=1S/C19H20N4O2/c20-13-17-3-1-2-4-18(17)25-15-19(24)23-11-9-22(10-12-23)14-16-5-7-21-8-6-16/h1-8H,9-12,14-15H2. The van der Waals surface area contributed by atoms with E-state index in [0.29, 0.717) is 24.4 Å². The van der Waals surface area contributed by atoms with Gasteiger partial charge in [0.15, 0.2) is 6.61 Å². The van der Waals surface area contributed by atoms with Gasteiger partial charge in [0.25, 0.3) is 5.91 Å². The molecule has 1 amide bonds. The summed E-state index contributed by atoms with van der Waals surface area (Å²) in [5, 5.41) is 9.05. The zero-order valence-corrected chi connectivity index (χ0v) is 14.0. The lowest BCUT2D eigenvalue weighted by atomic mass is 10.2. The summed E-state index contributed by atoms with van der Waals surface area (Å²) < 4.78 is 5.53. The number of hydrogen-bond donors (Lipinski definition) is 0. The predicted molar refractivity (Wildman–Crippen MR) is 92.7 cm³/mol. The van der Waals surface area contributed by atoms with Crippen molar-refractivity contribution in [2.75, 3.05) is 32.8 Å². The Morgan fingerprint density at radius 1 is 1.12 bits per heavy atom. The third-order valence-electron chi connectivity index (χ3n) is 4.24. The van der Waals surface area contributed by atoms with Crippen LogP contribution in [0, 0.1) is 11.3 Å². The second-order valence-corrected chi connectivity index (χ2v) is 5.91. The van der Waals surface area contributed by atoms with Crippen LogP contribution >= 0.6 is 0 Å². The average Bonchev–Trinajstić information content (AvgIpc) is 2.67. The van der Waals surface area contributed by atoms with Crippen molar-refractivity contribution in [1.82, 2.24) is 14.8 Å². The second kappa shape index (κ2) is 8.27. The maximum Gasteiger partial charge on any atom is 0.260 e. The van der Waals surface area contributed by atoms with Gasteiger partial charge in [0, 0.05) is 45.1 Å². The smallest absolute Gasteiger partial charge is 0.260 e. The van der Waals surface area contributed by atoms with E-state index >= 15 is 0 Å². The molecule has 1 aromatic heterocycles. The molecule has 25 heavy (non-hydrogen) atoms. The van der Waals surface area contributed by atoms with Gasteiger partial charge in [0.1, 0.15) is 11.8 Å². The van der Waals surface area contributed by atoms with Crippen molar-refractivity contribution in [1.29, 1.82) is 5.26 Å². The Morgan fingerprint density at radius 3 is 2.56 bits per heavy atom. The molecule has 3 rings (SSSR count). The van der Waals surface area contributed by atoms with Crippen LogP contribution in [-0.4, -0.2) is 53.5 Å². The van der Waals surface area contributed by atoms with Crippen LogP contribution in [0.1, 0.15) is 11.1 Å². The van der Waals surface area contributed by atoms with E-state index in [2.05, 4.69) is 16.0 Å². The van der Waals surface area contributed by atoms with E-state index in [1.165, 1.54) is 5.56 Å². The molecule has 0 bridgehead atoms. The van der Waals surface area contributed by atoms with Crippen LogP contribution in [0.4, 0.5) is 0 Å². The summed E-state index contributed by atoms with van der Waals surface area (Å²) in [6.07, 6.45) is 3.59. The SMILES string of the molecule is N#Cc1ccccc1OCC(=O)N1CCN(Cc2ccncc2)CC1. The van der Waals surface area contributed by atoms with Crippen molar-refractivity contribution in [2.24, 2.45) is 0 Å². The van der Waals surface area contributed by atoms with E-state index < -0.39 is 0 Å². The summed E-state index contributed by atoms with van der Waals surface area (Å²) in [5.74, 6) is 0.408. The highest BCUT2D eigenvalue weighted by molar-refractivity contribution is 5.78. The lowest BCUT2D eigenvalue weighted by molar-refractivity contribution is -0.135. The maximum atomic E-state index is 12.3. The Bertz CT molecular complexity index is 750. The third-order valence-corrected chi connectivity index (χ3v) is 4.24. The highest BCUT2D eigenvalue weighted by atomic mass is 16.5.